The summed E-state index contributed by atoms with van der Waals surface area (Å²) in [4.78, 5) is 0. The van der Waals surface area contributed by atoms with E-state index in [-0.39, 0.29) is 12.4 Å². The topological polar surface area (TPSA) is 24.1 Å². The van der Waals surface area contributed by atoms with Gasteiger partial charge in [0, 0.05) is 18.3 Å². The summed E-state index contributed by atoms with van der Waals surface area (Å²) in [5.41, 5.74) is 3.75. The highest BCUT2D eigenvalue weighted by Gasteiger charge is 2.13. The maximum atomic E-state index is 3.56. The number of nitrogens with one attached hydrogen (secondary N) is 2. The van der Waals surface area contributed by atoms with Gasteiger partial charge in [0.2, 0.25) is 0 Å². The van der Waals surface area contributed by atoms with Crippen LogP contribution in [0.25, 0.3) is 11.1 Å². The van der Waals surface area contributed by atoms with Crippen LogP contribution in [0.3, 0.4) is 0 Å². The van der Waals surface area contributed by atoms with E-state index in [9.17, 15) is 0 Å². The van der Waals surface area contributed by atoms with Gasteiger partial charge in [-0.25, -0.2) is 0 Å². The molecule has 0 bridgehead atoms. The molecule has 1 fully saturated rings. The first-order valence-electron chi connectivity index (χ1n) is 6.54. The van der Waals surface area contributed by atoms with Gasteiger partial charge in [0.05, 0.1) is 0 Å². The van der Waals surface area contributed by atoms with Crippen LogP contribution in [0, 0.1) is 0 Å². The van der Waals surface area contributed by atoms with Crippen LogP contribution < -0.4 is 10.6 Å². The van der Waals surface area contributed by atoms with Gasteiger partial charge in [-0.3, -0.25) is 0 Å². The summed E-state index contributed by atoms with van der Waals surface area (Å²) in [5, 5.41) is 6.92. The molecule has 100 valence electrons. The molecule has 2 N–H and O–H groups in total. The number of hydrogen-bond donors (Lipinski definition) is 2. The largest absolute Gasteiger partial charge is 0.381 e. The molecule has 2 aromatic rings. The lowest BCUT2D eigenvalue weighted by molar-refractivity contribution is 0.793. The molecule has 1 atom stereocenters. The Hall–Kier alpha value is -1.51. The maximum Gasteiger partial charge on any atom is 0.0398 e. The molecule has 3 heteroatoms. The monoisotopic (exact) mass is 274 g/mol. The first kappa shape index (κ1) is 13.9. The van der Waals surface area contributed by atoms with Crippen molar-refractivity contribution in [2.75, 3.05) is 18.4 Å². The Balaban J connectivity index is 0.00000133. The second-order valence-electron chi connectivity index (χ2n) is 4.78. The fourth-order valence-corrected chi connectivity index (χ4v) is 2.40. The van der Waals surface area contributed by atoms with E-state index in [2.05, 4.69) is 59.2 Å². The summed E-state index contributed by atoms with van der Waals surface area (Å²) in [5.74, 6) is 0. The first-order chi connectivity index (χ1) is 8.92. The van der Waals surface area contributed by atoms with Crippen molar-refractivity contribution in [3.05, 3.63) is 54.6 Å². The third-order valence-corrected chi connectivity index (χ3v) is 3.42. The van der Waals surface area contributed by atoms with Gasteiger partial charge in [-0.05, 0) is 36.2 Å². The van der Waals surface area contributed by atoms with Crippen LogP contribution in [-0.2, 0) is 0 Å². The molecule has 1 saturated heterocycles. The molecule has 0 saturated carbocycles. The van der Waals surface area contributed by atoms with Crippen LogP contribution in [0.1, 0.15) is 6.42 Å². The quantitative estimate of drug-likeness (QED) is 0.894. The van der Waals surface area contributed by atoms with Crippen molar-refractivity contribution in [3.8, 4) is 11.1 Å². The molecule has 0 spiro atoms. The lowest BCUT2D eigenvalue weighted by atomic mass is 10.1. The minimum Gasteiger partial charge on any atom is -0.381 e. The molecule has 2 aromatic carbocycles. The van der Waals surface area contributed by atoms with Crippen molar-refractivity contribution in [2.45, 2.75) is 12.5 Å². The zero-order valence-corrected chi connectivity index (χ0v) is 11.6. The van der Waals surface area contributed by atoms with E-state index < -0.39 is 0 Å². The average Bonchev–Trinajstić information content (AvgIpc) is 2.94. The van der Waals surface area contributed by atoms with E-state index >= 15 is 0 Å². The smallest absolute Gasteiger partial charge is 0.0398 e. The fourth-order valence-electron chi connectivity index (χ4n) is 2.40. The SMILES string of the molecule is Cl.c1ccc(-c2ccc(N[C@H]3CCNC3)cc2)cc1. The van der Waals surface area contributed by atoms with Crippen molar-refractivity contribution in [1.82, 2.24) is 5.32 Å². The molecule has 0 aliphatic carbocycles. The van der Waals surface area contributed by atoms with Crippen LogP contribution in [0.4, 0.5) is 5.69 Å². The second-order valence-corrected chi connectivity index (χ2v) is 4.78. The Labute approximate surface area is 120 Å². The van der Waals surface area contributed by atoms with Gasteiger partial charge in [-0.2, -0.15) is 0 Å². The van der Waals surface area contributed by atoms with Gasteiger partial charge < -0.3 is 10.6 Å². The van der Waals surface area contributed by atoms with Crippen molar-refractivity contribution >= 4 is 18.1 Å². The van der Waals surface area contributed by atoms with Crippen LogP contribution in [0.15, 0.2) is 54.6 Å². The van der Waals surface area contributed by atoms with Crippen LogP contribution in [-0.4, -0.2) is 19.1 Å². The zero-order chi connectivity index (χ0) is 12.2. The van der Waals surface area contributed by atoms with Crippen LogP contribution >= 0.6 is 12.4 Å². The number of halogens is 1. The molecule has 0 radical (unpaired) electrons. The summed E-state index contributed by atoms with van der Waals surface area (Å²) >= 11 is 0. The minimum absolute atomic E-state index is 0. The number of rotatable bonds is 3. The predicted octanol–water partition coefficient (Wildman–Crippen LogP) is 3.55. The second kappa shape index (κ2) is 6.60. The van der Waals surface area contributed by atoms with Crippen LogP contribution in [0.5, 0.6) is 0 Å². The molecular formula is C16H19ClN2. The zero-order valence-electron chi connectivity index (χ0n) is 10.8. The summed E-state index contributed by atoms with van der Waals surface area (Å²) in [6.45, 7) is 2.19. The summed E-state index contributed by atoms with van der Waals surface area (Å²) in [7, 11) is 0. The lowest BCUT2D eigenvalue weighted by Crippen LogP contribution is -2.21. The molecule has 2 nitrogen and oxygen atoms in total. The van der Waals surface area contributed by atoms with Gasteiger partial charge in [0.15, 0.2) is 0 Å². The summed E-state index contributed by atoms with van der Waals surface area (Å²) < 4.78 is 0. The standard InChI is InChI=1S/C16H18N2.ClH/c1-2-4-13(5-3-1)14-6-8-15(9-7-14)18-16-10-11-17-12-16;/h1-9,16-18H,10-12H2;1H/t16-;/m0./s1. The van der Waals surface area contributed by atoms with Crippen LogP contribution in [0.2, 0.25) is 0 Å². The minimum atomic E-state index is 0. The van der Waals surface area contributed by atoms with Crippen molar-refractivity contribution in [1.29, 1.82) is 0 Å². The molecule has 0 unspecified atom stereocenters. The number of benzene rings is 2. The van der Waals surface area contributed by atoms with E-state index in [4.69, 9.17) is 0 Å². The molecule has 1 aliphatic heterocycles. The fraction of sp³-hybridized carbons (Fsp3) is 0.250. The highest BCUT2D eigenvalue weighted by Crippen LogP contribution is 2.21. The molecule has 1 aliphatic rings. The van der Waals surface area contributed by atoms with Crippen molar-refractivity contribution < 1.29 is 0 Å². The van der Waals surface area contributed by atoms with E-state index in [1.165, 1.54) is 23.2 Å². The van der Waals surface area contributed by atoms with Gasteiger partial charge in [-0.1, -0.05) is 42.5 Å². The predicted molar refractivity (Wildman–Crippen MR) is 84.0 cm³/mol. The Kier molecular flexibility index (Phi) is 4.83. The summed E-state index contributed by atoms with van der Waals surface area (Å²) in [6.07, 6.45) is 1.21. The first-order valence-corrected chi connectivity index (χ1v) is 6.54. The van der Waals surface area contributed by atoms with Crippen molar-refractivity contribution in [2.24, 2.45) is 0 Å². The third kappa shape index (κ3) is 3.49. The highest BCUT2D eigenvalue weighted by atomic mass is 35.5. The Morgan fingerprint density at radius 3 is 2.21 bits per heavy atom. The number of hydrogen-bond acceptors (Lipinski definition) is 2. The Morgan fingerprint density at radius 1 is 0.895 bits per heavy atom. The molecular weight excluding hydrogens is 256 g/mol. The highest BCUT2D eigenvalue weighted by molar-refractivity contribution is 5.85. The molecule has 3 rings (SSSR count). The van der Waals surface area contributed by atoms with Gasteiger partial charge in [0.1, 0.15) is 0 Å². The van der Waals surface area contributed by atoms with E-state index in [1.54, 1.807) is 0 Å². The number of anilines is 1. The Morgan fingerprint density at radius 2 is 1.58 bits per heavy atom. The lowest BCUT2D eigenvalue weighted by Gasteiger charge is -2.13. The van der Waals surface area contributed by atoms with Crippen molar-refractivity contribution in [3.63, 3.8) is 0 Å². The van der Waals surface area contributed by atoms with E-state index in [1.807, 2.05) is 6.07 Å². The van der Waals surface area contributed by atoms with Gasteiger partial charge in [-0.15, -0.1) is 12.4 Å². The molecule has 19 heavy (non-hydrogen) atoms. The molecule has 0 aromatic heterocycles. The third-order valence-electron chi connectivity index (χ3n) is 3.42. The summed E-state index contributed by atoms with van der Waals surface area (Å²) in [6, 6.07) is 19.8. The molecule has 1 heterocycles. The van der Waals surface area contributed by atoms with Gasteiger partial charge in [0.25, 0.3) is 0 Å². The Bertz CT molecular complexity index is 490. The maximum absolute atomic E-state index is 3.56. The van der Waals surface area contributed by atoms with E-state index in [0.717, 1.165) is 13.1 Å². The average molecular weight is 275 g/mol. The van der Waals surface area contributed by atoms with E-state index in [0.29, 0.717) is 6.04 Å². The normalized spacial score (nSPS) is 17.8. The molecule has 0 amide bonds. The van der Waals surface area contributed by atoms with Gasteiger partial charge >= 0.3 is 0 Å².